The molecule has 1 aliphatic heterocycles. The van der Waals surface area contributed by atoms with Crippen molar-refractivity contribution >= 4 is 10.8 Å². The smallest absolute Gasteiger partial charge is 0.116 e. The number of hydrogen-bond donors (Lipinski definition) is 1. The quantitative estimate of drug-likeness (QED) is 0.823. The third kappa shape index (κ3) is 2.08. The standard InChI is InChI=1S/C16H19NO/c1-17-9-3-2-4-16(17)14-6-5-13-11-15(18)8-7-12(13)10-14/h5-8,10-11,16,18H,2-4,9H2,1H3. The molecule has 2 heteroatoms. The maximum absolute atomic E-state index is 9.48. The zero-order valence-electron chi connectivity index (χ0n) is 10.8. The summed E-state index contributed by atoms with van der Waals surface area (Å²) in [6.07, 6.45) is 3.89. The van der Waals surface area contributed by atoms with Crippen LogP contribution < -0.4 is 0 Å². The van der Waals surface area contributed by atoms with Gasteiger partial charge in [0.25, 0.3) is 0 Å². The highest BCUT2D eigenvalue weighted by Gasteiger charge is 2.20. The lowest BCUT2D eigenvalue weighted by Gasteiger charge is -2.32. The van der Waals surface area contributed by atoms with Crippen molar-refractivity contribution in [1.29, 1.82) is 0 Å². The summed E-state index contributed by atoms with van der Waals surface area (Å²) < 4.78 is 0. The van der Waals surface area contributed by atoms with Crippen LogP contribution in [0.5, 0.6) is 5.75 Å². The predicted molar refractivity (Wildman–Crippen MR) is 74.8 cm³/mol. The topological polar surface area (TPSA) is 23.5 Å². The molecular weight excluding hydrogens is 222 g/mol. The Morgan fingerprint density at radius 3 is 2.67 bits per heavy atom. The average Bonchev–Trinajstić information content (AvgIpc) is 2.39. The molecule has 2 nitrogen and oxygen atoms in total. The van der Waals surface area contributed by atoms with Gasteiger partial charge in [-0.25, -0.2) is 0 Å². The van der Waals surface area contributed by atoms with Gasteiger partial charge < -0.3 is 5.11 Å². The molecule has 1 unspecified atom stereocenters. The molecule has 0 radical (unpaired) electrons. The van der Waals surface area contributed by atoms with Crippen molar-refractivity contribution in [1.82, 2.24) is 4.90 Å². The molecule has 18 heavy (non-hydrogen) atoms. The second kappa shape index (κ2) is 4.62. The molecule has 2 aromatic rings. The Bertz CT molecular complexity index is 564. The second-order valence-electron chi connectivity index (χ2n) is 5.28. The fourth-order valence-electron chi connectivity index (χ4n) is 2.96. The first-order valence-electron chi connectivity index (χ1n) is 6.67. The van der Waals surface area contributed by atoms with Crippen molar-refractivity contribution in [2.24, 2.45) is 0 Å². The Morgan fingerprint density at radius 1 is 1.06 bits per heavy atom. The summed E-state index contributed by atoms with van der Waals surface area (Å²) >= 11 is 0. The van der Waals surface area contributed by atoms with Crippen LogP contribution in [-0.4, -0.2) is 23.6 Å². The van der Waals surface area contributed by atoms with Gasteiger partial charge in [-0.2, -0.15) is 0 Å². The summed E-state index contributed by atoms with van der Waals surface area (Å²) in [6.45, 7) is 1.19. The van der Waals surface area contributed by atoms with E-state index in [0.29, 0.717) is 11.8 Å². The number of nitrogens with zero attached hydrogens (tertiary/aromatic N) is 1. The highest BCUT2D eigenvalue weighted by Crippen LogP contribution is 2.31. The van der Waals surface area contributed by atoms with Crippen LogP contribution in [0.15, 0.2) is 36.4 Å². The Labute approximate surface area is 108 Å². The monoisotopic (exact) mass is 241 g/mol. The normalized spacial score (nSPS) is 21.3. The van der Waals surface area contributed by atoms with E-state index in [1.807, 2.05) is 12.1 Å². The predicted octanol–water partition coefficient (Wildman–Crippen LogP) is 3.70. The maximum atomic E-state index is 9.48. The van der Waals surface area contributed by atoms with E-state index in [-0.39, 0.29) is 0 Å². The molecule has 1 atom stereocenters. The Morgan fingerprint density at radius 2 is 1.83 bits per heavy atom. The van der Waals surface area contributed by atoms with Crippen LogP contribution in [0.2, 0.25) is 0 Å². The summed E-state index contributed by atoms with van der Waals surface area (Å²) in [6, 6.07) is 12.7. The molecular formula is C16H19NO. The minimum absolute atomic E-state index is 0.338. The largest absolute Gasteiger partial charge is 0.508 e. The minimum Gasteiger partial charge on any atom is -0.508 e. The molecule has 2 aromatic carbocycles. The van der Waals surface area contributed by atoms with Gasteiger partial charge in [0.05, 0.1) is 0 Å². The van der Waals surface area contributed by atoms with Crippen molar-refractivity contribution in [2.45, 2.75) is 25.3 Å². The number of phenolic OH excluding ortho intramolecular Hbond substituents is 1. The fourth-order valence-corrected chi connectivity index (χ4v) is 2.96. The molecule has 0 amide bonds. The Balaban J connectivity index is 1.99. The molecule has 0 spiro atoms. The van der Waals surface area contributed by atoms with Crippen LogP contribution in [0.3, 0.4) is 0 Å². The van der Waals surface area contributed by atoms with E-state index in [2.05, 4.69) is 30.1 Å². The van der Waals surface area contributed by atoms with Crippen LogP contribution in [-0.2, 0) is 0 Å². The number of aromatic hydroxyl groups is 1. The van der Waals surface area contributed by atoms with Gasteiger partial charge in [-0.05, 0) is 61.0 Å². The van der Waals surface area contributed by atoms with Crippen LogP contribution in [0, 0.1) is 0 Å². The molecule has 0 aromatic heterocycles. The molecule has 1 heterocycles. The molecule has 94 valence electrons. The highest BCUT2D eigenvalue weighted by atomic mass is 16.3. The van der Waals surface area contributed by atoms with Gasteiger partial charge in [-0.1, -0.05) is 24.6 Å². The molecule has 0 saturated carbocycles. The van der Waals surface area contributed by atoms with Crippen LogP contribution in [0.25, 0.3) is 10.8 Å². The summed E-state index contributed by atoms with van der Waals surface area (Å²) in [4.78, 5) is 2.45. The van der Waals surface area contributed by atoms with Gasteiger partial charge in [-0.15, -0.1) is 0 Å². The van der Waals surface area contributed by atoms with E-state index in [0.717, 1.165) is 5.39 Å². The molecule has 1 saturated heterocycles. The molecule has 0 aliphatic carbocycles. The number of benzene rings is 2. The SMILES string of the molecule is CN1CCCCC1c1ccc2cc(O)ccc2c1. The van der Waals surface area contributed by atoms with Gasteiger partial charge in [0.15, 0.2) is 0 Å². The van der Waals surface area contributed by atoms with Gasteiger partial charge >= 0.3 is 0 Å². The molecule has 1 fully saturated rings. The van der Waals surface area contributed by atoms with E-state index in [1.54, 1.807) is 6.07 Å². The highest BCUT2D eigenvalue weighted by molar-refractivity contribution is 5.84. The molecule has 3 rings (SSSR count). The van der Waals surface area contributed by atoms with Crippen LogP contribution >= 0.6 is 0 Å². The van der Waals surface area contributed by atoms with Crippen molar-refractivity contribution in [3.63, 3.8) is 0 Å². The van der Waals surface area contributed by atoms with E-state index in [1.165, 1.54) is 36.8 Å². The lowest BCUT2D eigenvalue weighted by Crippen LogP contribution is -2.29. The Hall–Kier alpha value is -1.54. The summed E-state index contributed by atoms with van der Waals surface area (Å²) in [5.41, 5.74) is 1.40. The van der Waals surface area contributed by atoms with Crippen LogP contribution in [0.1, 0.15) is 30.9 Å². The maximum Gasteiger partial charge on any atom is 0.116 e. The van der Waals surface area contributed by atoms with Crippen LogP contribution in [0.4, 0.5) is 0 Å². The first-order valence-corrected chi connectivity index (χ1v) is 6.67. The number of fused-ring (bicyclic) bond motifs is 1. The number of hydrogen-bond acceptors (Lipinski definition) is 2. The van der Waals surface area contributed by atoms with Gasteiger partial charge in [0.1, 0.15) is 5.75 Å². The van der Waals surface area contributed by atoms with Crippen molar-refractivity contribution < 1.29 is 5.11 Å². The molecule has 1 N–H and O–H groups in total. The average molecular weight is 241 g/mol. The number of piperidine rings is 1. The van der Waals surface area contributed by atoms with Crippen molar-refractivity contribution in [3.05, 3.63) is 42.0 Å². The summed E-state index contributed by atoms with van der Waals surface area (Å²) in [5, 5.41) is 11.8. The third-order valence-electron chi connectivity index (χ3n) is 4.00. The van der Waals surface area contributed by atoms with E-state index >= 15 is 0 Å². The third-order valence-corrected chi connectivity index (χ3v) is 4.00. The lowest BCUT2D eigenvalue weighted by atomic mass is 9.94. The van der Waals surface area contributed by atoms with Crippen molar-refractivity contribution in [3.8, 4) is 5.75 Å². The van der Waals surface area contributed by atoms with E-state index in [4.69, 9.17) is 0 Å². The van der Waals surface area contributed by atoms with Crippen molar-refractivity contribution in [2.75, 3.05) is 13.6 Å². The first kappa shape index (κ1) is 11.5. The summed E-state index contributed by atoms with van der Waals surface area (Å²) in [5.74, 6) is 0.338. The van der Waals surface area contributed by atoms with Gasteiger partial charge in [0, 0.05) is 6.04 Å². The lowest BCUT2D eigenvalue weighted by molar-refractivity contribution is 0.187. The Kier molecular flexibility index (Phi) is 2.96. The minimum atomic E-state index is 0.338. The van der Waals surface area contributed by atoms with Gasteiger partial charge in [-0.3, -0.25) is 4.90 Å². The first-order chi connectivity index (χ1) is 8.74. The van der Waals surface area contributed by atoms with E-state index in [9.17, 15) is 5.11 Å². The second-order valence-corrected chi connectivity index (χ2v) is 5.28. The number of likely N-dealkylation sites (tertiary alicyclic amines) is 1. The van der Waals surface area contributed by atoms with E-state index < -0.39 is 0 Å². The zero-order valence-corrected chi connectivity index (χ0v) is 10.8. The zero-order chi connectivity index (χ0) is 12.5. The molecule has 1 aliphatic rings. The fraction of sp³-hybridized carbons (Fsp3) is 0.375. The molecule has 0 bridgehead atoms. The number of phenols is 1. The van der Waals surface area contributed by atoms with Gasteiger partial charge in [0.2, 0.25) is 0 Å². The summed E-state index contributed by atoms with van der Waals surface area (Å²) in [7, 11) is 2.21. The number of rotatable bonds is 1.